The molecule has 0 atom stereocenters. The van der Waals surface area contributed by atoms with Crippen molar-refractivity contribution in [1.29, 1.82) is 0 Å². The maximum absolute atomic E-state index is 11.3. The van der Waals surface area contributed by atoms with Crippen molar-refractivity contribution in [3.8, 4) is 0 Å². The first-order chi connectivity index (χ1) is 10.5. The van der Waals surface area contributed by atoms with Crippen LogP contribution in [0.1, 0.15) is 51.5 Å². The van der Waals surface area contributed by atoms with Crippen molar-refractivity contribution in [2.75, 3.05) is 0 Å². The van der Waals surface area contributed by atoms with Gasteiger partial charge in [-0.15, -0.1) is 0 Å². The van der Waals surface area contributed by atoms with Crippen LogP contribution >= 0.6 is 0 Å². The molecule has 1 aliphatic rings. The first-order valence-corrected chi connectivity index (χ1v) is 7.61. The summed E-state index contributed by atoms with van der Waals surface area (Å²) in [4.78, 5) is 11.3. The summed E-state index contributed by atoms with van der Waals surface area (Å²) in [5, 5.41) is 9.28. The standard InChI is InChI=1S/C20H20O2/c1-12-4-9-17(14(3)10-12)19-13(2)5-6-15-7-8-16(20(21)22)11-18(15)19/h4,7-11H,5-6H2,1-3H3,(H,21,22). The molecular weight excluding hydrogens is 272 g/mol. The molecule has 0 saturated heterocycles. The summed E-state index contributed by atoms with van der Waals surface area (Å²) in [5.74, 6) is -0.869. The van der Waals surface area contributed by atoms with Crippen LogP contribution in [0.5, 0.6) is 0 Å². The van der Waals surface area contributed by atoms with Crippen LogP contribution in [0.2, 0.25) is 0 Å². The lowest BCUT2D eigenvalue weighted by Crippen LogP contribution is -2.08. The number of fused-ring (bicyclic) bond motifs is 1. The lowest BCUT2D eigenvalue weighted by Gasteiger charge is -2.24. The number of carbonyl (C=O) groups is 1. The Hall–Kier alpha value is -2.35. The number of allylic oxidation sites excluding steroid dienone is 1. The highest BCUT2D eigenvalue weighted by atomic mass is 16.4. The molecule has 0 spiro atoms. The normalized spacial score (nSPS) is 14.0. The summed E-state index contributed by atoms with van der Waals surface area (Å²) in [6, 6.07) is 12.0. The van der Waals surface area contributed by atoms with E-state index in [1.807, 2.05) is 12.1 Å². The Morgan fingerprint density at radius 2 is 1.73 bits per heavy atom. The second kappa shape index (κ2) is 5.45. The van der Waals surface area contributed by atoms with Crippen molar-refractivity contribution in [1.82, 2.24) is 0 Å². The number of carboxylic acids is 1. The second-order valence-corrected chi connectivity index (χ2v) is 6.15. The number of carboxylic acid groups (broad SMARTS) is 1. The fraction of sp³-hybridized carbons (Fsp3) is 0.250. The van der Waals surface area contributed by atoms with Gasteiger partial charge in [-0.1, -0.05) is 35.4 Å². The van der Waals surface area contributed by atoms with Crippen molar-refractivity contribution < 1.29 is 9.90 Å². The van der Waals surface area contributed by atoms with Gasteiger partial charge in [0.2, 0.25) is 0 Å². The van der Waals surface area contributed by atoms with Crippen LogP contribution in [0.25, 0.3) is 5.57 Å². The molecule has 0 unspecified atom stereocenters. The number of hydrogen-bond donors (Lipinski definition) is 1. The Morgan fingerprint density at radius 3 is 2.41 bits per heavy atom. The lowest BCUT2D eigenvalue weighted by molar-refractivity contribution is 0.0697. The number of aryl methyl sites for hydroxylation is 3. The summed E-state index contributed by atoms with van der Waals surface area (Å²) >= 11 is 0. The molecule has 0 fully saturated rings. The maximum atomic E-state index is 11.3. The molecule has 2 heteroatoms. The second-order valence-electron chi connectivity index (χ2n) is 6.15. The highest BCUT2D eigenvalue weighted by Gasteiger charge is 2.20. The Labute approximate surface area is 131 Å². The fourth-order valence-corrected chi connectivity index (χ4v) is 3.31. The number of rotatable bonds is 2. The van der Waals surface area contributed by atoms with Crippen LogP contribution < -0.4 is 0 Å². The van der Waals surface area contributed by atoms with E-state index in [4.69, 9.17) is 0 Å². The molecule has 0 bridgehead atoms. The largest absolute Gasteiger partial charge is 0.478 e. The molecule has 0 aliphatic heterocycles. The van der Waals surface area contributed by atoms with Gasteiger partial charge in [-0.3, -0.25) is 0 Å². The third-order valence-electron chi connectivity index (χ3n) is 4.47. The predicted molar refractivity (Wildman–Crippen MR) is 89.3 cm³/mol. The molecule has 2 nitrogen and oxygen atoms in total. The van der Waals surface area contributed by atoms with E-state index < -0.39 is 5.97 Å². The van der Waals surface area contributed by atoms with E-state index in [2.05, 4.69) is 39.0 Å². The third-order valence-corrected chi connectivity index (χ3v) is 4.47. The van der Waals surface area contributed by atoms with Crippen molar-refractivity contribution >= 4 is 11.5 Å². The maximum Gasteiger partial charge on any atom is 0.335 e. The van der Waals surface area contributed by atoms with E-state index in [9.17, 15) is 9.90 Å². The van der Waals surface area contributed by atoms with Gasteiger partial charge < -0.3 is 5.11 Å². The molecule has 1 N–H and O–H groups in total. The fourth-order valence-electron chi connectivity index (χ4n) is 3.31. The summed E-state index contributed by atoms with van der Waals surface area (Å²) in [6.45, 7) is 6.37. The minimum Gasteiger partial charge on any atom is -0.478 e. The van der Waals surface area contributed by atoms with Gasteiger partial charge >= 0.3 is 5.97 Å². The summed E-state index contributed by atoms with van der Waals surface area (Å²) in [7, 11) is 0. The number of benzene rings is 2. The SMILES string of the molecule is CC1=C(c2ccc(C)cc2C)c2cc(C(=O)O)ccc2CC1. The van der Waals surface area contributed by atoms with Crippen LogP contribution in [-0.4, -0.2) is 11.1 Å². The molecule has 22 heavy (non-hydrogen) atoms. The van der Waals surface area contributed by atoms with Gasteiger partial charge in [0, 0.05) is 0 Å². The van der Waals surface area contributed by atoms with Crippen LogP contribution in [-0.2, 0) is 6.42 Å². The Morgan fingerprint density at radius 1 is 0.955 bits per heavy atom. The molecule has 3 rings (SSSR count). The summed E-state index contributed by atoms with van der Waals surface area (Å²) in [6.07, 6.45) is 2.01. The monoisotopic (exact) mass is 292 g/mol. The number of hydrogen-bond acceptors (Lipinski definition) is 1. The van der Waals surface area contributed by atoms with Crippen LogP contribution in [0.15, 0.2) is 42.0 Å². The van der Waals surface area contributed by atoms with Gasteiger partial charge in [-0.25, -0.2) is 4.79 Å². The van der Waals surface area contributed by atoms with Gasteiger partial charge in [0.05, 0.1) is 5.56 Å². The molecule has 112 valence electrons. The van der Waals surface area contributed by atoms with E-state index in [0.29, 0.717) is 5.56 Å². The Bertz CT molecular complexity index is 797. The van der Waals surface area contributed by atoms with Gasteiger partial charge in [-0.05, 0) is 73.6 Å². The average molecular weight is 292 g/mol. The van der Waals surface area contributed by atoms with E-state index in [0.717, 1.165) is 18.4 Å². The third kappa shape index (κ3) is 2.45. The van der Waals surface area contributed by atoms with Gasteiger partial charge in [-0.2, -0.15) is 0 Å². The first-order valence-electron chi connectivity index (χ1n) is 7.61. The zero-order valence-electron chi connectivity index (χ0n) is 13.2. The number of aromatic carboxylic acids is 1. The van der Waals surface area contributed by atoms with Crippen LogP contribution in [0.4, 0.5) is 0 Å². The van der Waals surface area contributed by atoms with Crippen molar-refractivity contribution in [2.45, 2.75) is 33.6 Å². The molecular formula is C20H20O2. The molecule has 0 heterocycles. The average Bonchev–Trinajstić information content (AvgIpc) is 2.47. The molecule has 0 saturated carbocycles. The molecule has 0 radical (unpaired) electrons. The zero-order chi connectivity index (χ0) is 15.9. The van der Waals surface area contributed by atoms with E-state index in [1.165, 1.54) is 33.4 Å². The predicted octanol–water partition coefficient (Wildman–Crippen LogP) is 4.77. The summed E-state index contributed by atoms with van der Waals surface area (Å²) in [5.41, 5.74) is 8.92. The van der Waals surface area contributed by atoms with Crippen LogP contribution in [0.3, 0.4) is 0 Å². The summed E-state index contributed by atoms with van der Waals surface area (Å²) < 4.78 is 0. The van der Waals surface area contributed by atoms with Gasteiger partial charge in [0.1, 0.15) is 0 Å². The van der Waals surface area contributed by atoms with E-state index >= 15 is 0 Å². The molecule has 0 amide bonds. The minimum atomic E-state index is -0.869. The van der Waals surface area contributed by atoms with Crippen molar-refractivity contribution in [2.24, 2.45) is 0 Å². The van der Waals surface area contributed by atoms with Crippen molar-refractivity contribution in [3.63, 3.8) is 0 Å². The quantitative estimate of drug-likeness (QED) is 0.865. The van der Waals surface area contributed by atoms with Gasteiger partial charge in [0.25, 0.3) is 0 Å². The Kier molecular flexibility index (Phi) is 3.61. The Balaban J connectivity index is 2.23. The highest BCUT2D eigenvalue weighted by Crippen LogP contribution is 2.37. The topological polar surface area (TPSA) is 37.3 Å². The molecule has 1 aliphatic carbocycles. The first kappa shape index (κ1) is 14.6. The van der Waals surface area contributed by atoms with Gasteiger partial charge in [0.15, 0.2) is 0 Å². The minimum absolute atomic E-state index is 0.357. The molecule has 2 aromatic carbocycles. The smallest absolute Gasteiger partial charge is 0.335 e. The molecule has 0 aromatic heterocycles. The lowest BCUT2D eigenvalue weighted by atomic mass is 9.80. The van der Waals surface area contributed by atoms with E-state index in [1.54, 1.807) is 6.07 Å². The van der Waals surface area contributed by atoms with Crippen molar-refractivity contribution in [3.05, 3.63) is 75.4 Å². The van der Waals surface area contributed by atoms with E-state index in [-0.39, 0.29) is 0 Å². The molecule has 2 aromatic rings. The van der Waals surface area contributed by atoms with Crippen LogP contribution in [0, 0.1) is 13.8 Å². The highest BCUT2D eigenvalue weighted by molar-refractivity contribution is 5.92. The zero-order valence-corrected chi connectivity index (χ0v) is 13.2.